The van der Waals surface area contributed by atoms with Crippen LogP contribution in [0.3, 0.4) is 0 Å². The number of benzene rings is 2. The van der Waals surface area contributed by atoms with Gasteiger partial charge in [0.2, 0.25) is 0 Å². The van der Waals surface area contributed by atoms with Gasteiger partial charge in [0.05, 0.1) is 16.3 Å². The van der Waals surface area contributed by atoms with Gasteiger partial charge < -0.3 is 10.4 Å². The lowest BCUT2D eigenvalue weighted by Crippen LogP contribution is -2.26. The maximum atomic E-state index is 13.1. The highest BCUT2D eigenvalue weighted by Gasteiger charge is 2.25. The Balaban J connectivity index is 0.000000687. The number of anilines is 2. The molecular weight excluding hydrogens is 433 g/mol. The number of aromatic carboxylic acids is 1. The molecule has 2 N–H and O–H groups in total. The van der Waals surface area contributed by atoms with Crippen molar-refractivity contribution in [1.29, 1.82) is 0 Å². The van der Waals surface area contributed by atoms with Crippen molar-refractivity contribution in [1.82, 2.24) is 10.3 Å². The average molecular weight is 452 g/mol. The van der Waals surface area contributed by atoms with Crippen molar-refractivity contribution in [2.24, 2.45) is 0 Å². The van der Waals surface area contributed by atoms with E-state index in [1.165, 1.54) is 10.3 Å². The van der Waals surface area contributed by atoms with Crippen molar-refractivity contribution in [3.63, 3.8) is 0 Å². The van der Waals surface area contributed by atoms with Crippen LogP contribution in [0.4, 0.5) is 10.8 Å². The molecule has 0 aliphatic rings. The Morgan fingerprint density at radius 3 is 2.28 bits per heavy atom. The summed E-state index contributed by atoms with van der Waals surface area (Å²) in [7, 11) is 1.93. The van der Waals surface area contributed by atoms with Crippen molar-refractivity contribution in [2.45, 2.75) is 6.92 Å². The van der Waals surface area contributed by atoms with E-state index in [1.807, 2.05) is 7.05 Å². The van der Waals surface area contributed by atoms with Gasteiger partial charge in [0.15, 0.2) is 10.8 Å². The number of rotatable bonds is 5. The first-order valence-electron chi connectivity index (χ1n) is 8.57. The first kappa shape index (κ1) is 22.8. The van der Waals surface area contributed by atoms with Gasteiger partial charge in [-0.05, 0) is 50.0 Å². The number of halogens is 2. The van der Waals surface area contributed by atoms with Crippen LogP contribution in [-0.2, 0) is 0 Å². The van der Waals surface area contributed by atoms with Gasteiger partial charge in [0, 0.05) is 10.4 Å². The Bertz CT molecular complexity index is 975. The number of hydrogen-bond acceptors (Lipinski definition) is 5. The first-order valence-corrected chi connectivity index (χ1v) is 10.2. The molecule has 0 fully saturated rings. The number of amides is 1. The van der Waals surface area contributed by atoms with Crippen LogP contribution in [0, 0.1) is 0 Å². The fourth-order valence-electron chi connectivity index (χ4n) is 2.13. The Morgan fingerprint density at radius 1 is 1.14 bits per heavy atom. The Kier molecular flexibility index (Phi) is 8.60. The number of nitrogens with one attached hydrogen (secondary N) is 1. The standard InChI is InChI=1S/C17H10Cl2N2O3S.C3H9N/c18-10-5-7-11(8-6-10)21(17-20-14(9-25-17)16(23)24)15(22)12-3-1-2-4-13(12)19;1-3-4-2/h1-9H,(H,23,24);4H,3H2,1-2H3. The summed E-state index contributed by atoms with van der Waals surface area (Å²) in [4.78, 5) is 29.5. The Labute approximate surface area is 182 Å². The number of carbonyl (C=O) groups is 2. The number of hydrogen-bond donors (Lipinski definition) is 2. The fraction of sp³-hybridized carbons (Fsp3) is 0.150. The molecule has 29 heavy (non-hydrogen) atoms. The molecule has 3 aromatic rings. The predicted molar refractivity (Wildman–Crippen MR) is 118 cm³/mol. The molecule has 152 valence electrons. The fourth-order valence-corrected chi connectivity index (χ4v) is 3.28. The third kappa shape index (κ3) is 6.01. The topological polar surface area (TPSA) is 82.5 Å². The molecule has 0 radical (unpaired) electrons. The van der Waals surface area contributed by atoms with Crippen molar-refractivity contribution in [3.8, 4) is 0 Å². The summed E-state index contributed by atoms with van der Waals surface area (Å²) in [5, 5.41) is 14.4. The largest absolute Gasteiger partial charge is 0.476 e. The van der Waals surface area contributed by atoms with Crippen molar-refractivity contribution < 1.29 is 14.7 Å². The highest BCUT2D eigenvalue weighted by Crippen LogP contribution is 2.32. The van der Waals surface area contributed by atoms with Crippen LogP contribution in [0.2, 0.25) is 10.0 Å². The zero-order valence-electron chi connectivity index (χ0n) is 15.7. The van der Waals surface area contributed by atoms with Gasteiger partial charge in [-0.3, -0.25) is 9.69 Å². The minimum absolute atomic E-state index is 0.133. The Hall–Kier alpha value is -2.45. The molecule has 1 aromatic heterocycles. The van der Waals surface area contributed by atoms with Gasteiger partial charge in [-0.2, -0.15) is 0 Å². The third-order valence-corrected chi connectivity index (χ3v) is 5.06. The summed E-state index contributed by atoms with van der Waals surface area (Å²) < 4.78 is 0. The maximum absolute atomic E-state index is 13.1. The zero-order chi connectivity index (χ0) is 21.4. The second-order valence-electron chi connectivity index (χ2n) is 5.62. The van der Waals surface area contributed by atoms with Crippen molar-refractivity contribution in [3.05, 3.63) is 75.2 Å². The van der Waals surface area contributed by atoms with Crippen molar-refractivity contribution >= 4 is 57.2 Å². The Morgan fingerprint density at radius 2 is 1.76 bits per heavy atom. The number of aromatic nitrogens is 1. The van der Waals surface area contributed by atoms with E-state index in [0.29, 0.717) is 15.7 Å². The molecule has 3 rings (SSSR count). The molecule has 2 aromatic carbocycles. The first-order chi connectivity index (χ1) is 13.9. The van der Waals surface area contributed by atoms with Gasteiger partial charge in [0.25, 0.3) is 5.91 Å². The molecule has 0 spiro atoms. The lowest BCUT2D eigenvalue weighted by Gasteiger charge is -2.20. The summed E-state index contributed by atoms with van der Waals surface area (Å²) >= 11 is 13.1. The zero-order valence-corrected chi connectivity index (χ0v) is 18.1. The second-order valence-corrected chi connectivity index (χ2v) is 7.30. The second kappa shape index (κ2) is 10.9. The van der Waals surface area contributed by atoms with Crippen LogP contribution < -0.4 is 10.2 Å². The van der Waals surface area contributed by atoms with Crippen LogP contribution >= 0.6 is 34.5 Å². The molecule has 6 nitrogen and oxygen atoms in total. The molecule has 0 aliphatic heterocycles. The summed E-state index contributed by atoms with van der Waals surface area (Å²) in [6.07, 6.45) is 0. The molecular formula is C20H19Cl2N3O3S. The number of carbonyl (C=O) groups excluding carboxylic acids is 1. The lowest BCUT2D eigenvalue weighted by atomic mass is 10.2. The number of carboxylic acids is 1. The smallest absolute Gasteiger partial charge is 0.355 e. The van der Waals surface area contributed by atoms with E-state index in [-0.39, 0.29) is 16.4 Å². The molecule has 1 amide bonds. The van der Waals surface area contributed by atoms with E-state index < -0.39 is 11.9 Å². The number of thiazole rings is 1. The summed E-state index contributed by atoms with van der Waals surface area (Å²) in [5.74, 6) is -1.58. The van der Waals surface area contributed by atoms with Gasteiger partial charge in [-0.1, -0.05) is 42.3 Å². The minimum atomic E-state index is -1.16. The van der Waals surface area contributed by atoms with Crippen LogP contribution in [0.15, 0.2) is 53.9 Å². The van der Waals surface area contributed by atoms with E-state index in [1.54, 1.807) is 48.5 Å². The monoisotopic (exact) mass is 451 g/mol. The number of nitrogens with zero attached hydrogens (tertiary/aromatic N) is 2. The van der Waals surface area contributed by atoms with E-state index in [4.69, 9.17) is 28.3 Å². The molecule has 0 bridgehead atoms. The van der Waals surface area contributed by atoms with Gasteiger partial charge in [-0.25, -0.2) is 9.78 Å². The minimum Gasteiger partial charge on any atom is -0.476 e. The molecule has 0 saturated heterocycles. The SMILES string of the molecule is CCNC.O=C(O)c1csc(N(C(=O)c2ccccc2Cl)c2ccc(Cl)cc2)n1. The highest BCUT2D eigenvalue weighted by atomic mass is 35.5. The molecule has 1 heterocycles. The third-order valence-electron chi connectivity index (χ3n) is 3.65. The average Bonchev–Trinajstić information content (AvgIpc) is 3.20. The van der Waals surface area contributed by atoms with E-state index in [2.05, 4.69) is 17.2 Å². The van der Waals surface area contributed by atoms with Crippen LogP contribution in [0.5, 0.6) is 0 Å². The molecule has 9 heteroatoms. The predicted octanol–water partition coefficient (Wildman–Crippen LogP) is 5.35. The van der Waals surface area contributed by atoms with E-state index in [0.717, 1.165) is 17.9 Å². The van der Waals surface area contributed by atoms with Crippen LogP contribution in [-0.4, -0.2) is 35.6 Å². The quantitative estimate of drug-likeness (QED) is 0.545. The molecule has 0 unspecified atom stereocenters. The summed E-state index contributed by atoms with van der Waals surface area (Å²) in [5.41, 5.74) is 0.651. The summed E-state index contributed by atoms with van der Waals surface area (Å²) in [6, 6.07) is 13.2. The van der Waals surface area contributed by atoms with Crippen LogP contribution in [0.25, 0.3) is 0 Å². The molecule has 0 saturated carbocycles. The highest BCUT2D eigenvalue weighted by molar-refractivity contribution is 7.14. The van der Waals surface area contributed by atoms with Gasteiger partial charge in [0.1, 0.15) is 0 Å². The van der Waals surface area contributed by atoms with Crippen molar-refractivity contribution in [2.75, 3.05) is 18.5 Å². The summed E-state index contributed by atoms with van der Waals surface area (Å²) in [6.45, 7) is 3.14. The molecule has 0 aliphatic carbocycles. The van der Waals surface area contributed by atoms with E-state index >= 15 is 0 Å². The van der Waals surface area contributed by atoms with Gasteiger partial charge >= 0.3 is 5.97 Å². The van der Waals surface area contributed by atoms with E-state index in [9.17, 15) is 9.59 Å². The van der Waals surface area contributed by atoms with Gasteiger partial charge in [-0.15, -0.1) is 11.3 Å². The number of carboxylic acid groups (broad SMARTS) is 1. The maximum Gasteiger partial charge on any atom is 0.355 e. The normalized spacial score (nSPS) is 10.1. The lowest BCUT2D eigenvalue weighted by molar-refractivity contribution is 0.0691. The molecule has 0 atom stereocenters. The van der Waals surface area contributed by atoms with Crippen LogP contribution in [0.1, 0.15) is 27.8 Å².